The van der Waals surface area contributed by atoms with E-state index in [2.05, 4.69) is 19.9 Å². The van der Waals surface area contributed by atoms with Gasteiger partial charge in [-0.1, -0.05) is 178 Å². The Morgan fingerprint density at radius 3 is 1.67 bits per heavy atom. The number of carbonyl (C=O) groups is 2. The van der Waals surface area contributed by atoms with Crippen molar-refractivity contribution in [2.75, 3.05) is 13.2 Å². The first-order chi connectivity index (χ1) is 24.0. The Morgan fingerprint density at radius 1 is 0.571 bits per heavy atom. The second kappa shape index (κ2) is 38.6. The van der Waals surface area contributed by atoms with Crippen LogP contribution in [-0.4, -0.2) is 47.6 Å². The van der Waals surface area contributed by atoms with Crippen molar-refractivity contribution in [3.8, 4) is 0 Å². The maximum Gasteiger partial charge on any atom is 0.306 e. The van der Waals surface area contributed by atoms with Crippen LogP contribution in [0.25, 0.3) is 0 Å². The normalized spacial score (nSPS) is 13.3. The van der Waals surface area contributed by atoms with Gasteiger partial charge in [0.2, 0.25) is 0 Å². The van der Waals surface area contributed by atoms with Crippen molar-refractivity contribution in [2.24, 2.45) is 0 Å². The smallest absolute Gasteiger partial charge is 0.306 e. The fraction of sp³-hybridized carbons (Fsp3) is 0.767. The molecule has 0 aromatic rings. The third-order valence-electron chi connectivity index (χ3n) is 8.71. The summed E-state index contributed by atoms with van der Waals surface area (Å²) in [7, 11) is 0. The Bertz CT molecular complexity index is 845. The molecule has 0 radical (unpaired) electrons. The van der Waals surface area contributed by atoms with Crippen molar-refractivity contribution in [3.05, 3.63) is 48.6 Å². The van der Waals surface area contributed by atoms with Crippen molar-refractivity contribution in [2.45, 2.75) is 199 Å². The van der Waals surface area contributed by atoms with Crippen LogP contribution in [0.15, 0.2) is 48.6 Å². The molecule has 6 heteroatoms. The first-order valence-electron chi connectivity index (χ1n) is 20.3. The molecule has 0 rings (SSSR count). The standard InChI is InChI=1S/C43H76O6/c1-3-5-7-9-11-12-13-14-15-16-17-18-19-20-24-29-33-37-43(47)49-41(38-44)39-48-42(46)36-32-28-25-21-23-27-31-35-40(45)34-30-26-22-10-8-6-4-2/h21-22,25-27,30-31,34,40-41,44-45H,3-20,23-24,28-29,32-33,35-39H2,1-2H3/b25-21+,26-22-,31-27-,34-30-/t40-,41+/m1/s1. The summed E-state index contributed by atoms with van der Waals surface area (Å²) in [5, 5.41) is 19.6. The van der Waals surface area contributed by atoms with E-state index in [-0.39, 0.29) is 31.6 Å². The highest BCUT2D eigenvalue weighted by Gasteiger charge is 2.16. The molecule has 0 unspecified atom stereocenters. The average Bonchev–Trinajstić information content (AvgIpc) is 3.10. The van der Waals surface area contributed by atoms with Gasteiger partial charge < -0.3 is 19.7 Å². The predicted octanol–water partition coefficient (Wildman–Crippen LogP) is 11.6. The largest absolute Gasteiger partial charge is 0.462 e. The molecule has 0 saturated heterocycles. The van der Waals surface area contributed by atoms with Gasteiger partial charge in [-0.05, 0) is 44.9 Å². The first kappa shape index (κ1) is 46.8. The Kier molecular flexibility index (Phi) is 36.9. The van der Waals surface area contributed by atoms with E-state index in [0.29, 0.717) is 19.3 Å². The molecule has 284 valence electrons. The van der Waals surface area contributed by atoms with Crippen LogP contribution >= 0.6 is 0 Å². The molecule has 0 heterocycles. The number of aliphatic hydroxyl groups is 2. The van der Waals surface area contributed by atoms with Crippen LogP contribution in [0, 0.1) is 0 Å². The molecule has 0 aromatic carbocycles. The molecular weight excluding hydrogens is 612 g/mol. The zero-order chi connectivity index (χ0) is 35.9. The van der Waals surface area contributed by atoms with Gasteiger partial charge in [0.05, 0.1) is 12.7 Å². The van der Waals surface area contributed by atoms with Gasteiger partial charge in [0.1, 0.15) is 6.61 Å². The minimum atomic E-state index is -0.810. The predicted molar refractivity (Wildman–Crippen MR) is 206 cm³/mol. The maximum absolute atomic E-state index is 12.2. The molecule has 2 N–H and O–H groups in total. The van der Waals surface area contributed by atoms with Crippen LogP contribution < -0.4 is 0 Å². The van der Waals surface area contributed by atoms with Crippen molar-refractivity contribution in [3.63, 3.8) is 0 Å². The summed E-state index contributed by atoms with van der Waals surface area (Å²) in [6, 6.07) is 0. The van der Waals surface area contributed by atoms with Crippen LogP contribution in [-0.2, 0) is 19.1 Å². The van der Waals surface area contributed by atoms with Crippen molar-refractivity contribution >= 4 is 11.9 Å². The number of carbonyl (C=O) groups excluding carboxylic acids is 2. The summed E-state index contributed by atoms with van der Waals surface area (Å²) in [6.45, 7) is 3.99. The number of ether oxygens (including phenoxy) is 2. The van der Waals surface area contributed by atoms with Crippen molar-refractivity contribution < 1.29 is 29.3 Å². The van der Waals surface area contributed by atoms with Crippen LogP contribution in [0.1, 0.15) is 187 Å². The number of hydrogen-bond acceptors (Lipinski definition) is 6. The summed E-state index contributed by atoms with van der Waals surface area (Å²) < 4.78 is 10.5. The molecule has 0 spiro atoms. The van der Waals surface area contributed by atoms with E-state index < -0.39 is 12.2 Å². The second-order valence-electron chi connectivity index (χ2n) is 13.6. The van der Waals surface area contributed by atoms with E-state index >= 15 is 0 Å². The zero-order valence-corrected chi connectivity index (χ0v) is 31.8. The van der Waals surface area contributed by atoms with E-state index in [9.17, 15) is 19.8 Å². The molecule has 0 aliphatic rings. The topological polar surface area (TPSA) is 93.1 Å². The summed E-state index contributed by atoms with van der Waals surface area (Å²) in [5.74, 6) is -0.694. The Hall–Kier alpha value is -2.18. The van der Waals surface area contributed by atoms with Crippen LogP contribution in [0.5, 0.6) is 0 Å². The lowest BCUT2D eigenvalue weighted by Crippen LogP contribution is -2.28. The number of hydrogen-bond donors (Lipinski definition) is 2. The quantitative estimate of drug-likeness (QED) is 0.0294. The van der Waals surface area contributed by atoms with E-state index in [1.807, 2.05) is 42.5 Å². The Morgan fingerprint density at radius 2 is 1.08 bits per heavy atom. The van der Waals surface area contributed by atoms with Gasteiger partial charge in [0.25, 0.3) is 0 Å². The minimum absolute atomic E-state index is 0.114. The second-order valence-corrected chi connectivity index (χ2v) is 13.6. The summed E-state index contributed by atoms with van der Waals surface area (Å²) >= 11 is 0. The van der Waals surface area contributed by atoms with Crippen molar-refractivity contribution in [1.82, 2.24) is 0 Å². The number of aliphatic hydroxyl groups excluding tert-OH is 2. The van der Waals surface area contributed by atoms with Gasteiger partial charge in [-0.3, -0.25) is 9.59 Å². The average molecular weight is 689 g/mol. The molecule has 49 heavy (non-hydrogen) atoms. The third kappa shape index (κ3) is 36.9. The Balaban J connectivity index is 3.69. The number of allylic oxidation sites excluding steroid dienone is 6. The van der Waals surface area contributed by atoms with Crippen LogP contribution in [0.3, 0.4) is 0 Å². The maximum atomic E-state index is 12.2. The molecule has 0 saturated carbocycles. The van der Waals surface area contributed by atoms with Gasteiger partial charge in [0.15, 0.2) is 6.10 Å². The molecule has 0 aliphatic heterocycles. The lowest BCUT2D eigenvalue weighted by molar-refractivity contribution is -0.161. The van der Waals surface area contributed by atoms with E-state index in [4.69, 9.17) is 9.47 Å². The lowest BCUT2D eigenvalue weighted by atomic mass is 10.0. The number of esters is 2. The minimum Gasteiger partial charge on any atom is -0.462 e. The summed E-state index contributed by atoms with van der Waals surface area (Å²) in [6.07, 6.45) is 44.9. The molecule has 0 aromatic heterocycles. The molecule has 2 atom stereocenters. The number of unbranched alkanes of at least 4 members (excludes halogenated alkanes) is 20. The van der Waals surface area contributed by atoms with E-state index in [1.54, 1.807) is 0 Å². The monoisotopic (exact) mass is 689 g/mol. The molecule has 6 nitrogen and oxygen atoms in total. The van der Waals surface area contributed by atoms with E-state index in [0.717, 1.165) is 38.5 Å². The lowest BCUT2D eigenvalue weighted by Gasteiger charge is -2.15. The SMILES string of the molecule is CCCCC/C=C\C=C/[C@@H](O)C/C=C\C/C=C/CCCC(=O)OC[C@H](CO)OC(=O)CCCCCCCCCCCCCCCCCCC. The van der Waals surface area contributed by atoms with Gasteiger partial charge >= 0.3 is 11.9 Å². The summed E-state index contributed by atoms with van der Waals surface area (Å²) in [5.41, 5.74) is 0. The molecular formula is C43H76O6. The van der Waals surface area contributed by atoms with Crippen molar-refractivity contribution in [1.29, 1.82) is 0 Å². The highest BCUT2D eigenvalue weighted by molar-refractivity contribution is 5.70. The fourth-order valence-corrected chi connectivity index (χ4v) is 5.57. The van der Waals surface area contributed by atoms with Crippen LogP contribution in [0.4, 0.5) is 0 Å². The first-order valence-corrected chi connectivity index (χ1v) is 20.3. The Labute approximate surface area is 301 Å². The van der Waals surface area contributed by atoms with Gasteiger partial charge in [-0.25, -0.2) is 0 Å². The van der Waals surface area contributed by atoms with Crippen LogP contribution in [0.2, 0.25) is 0 Å². The number of rotatable bonds is 36. The fourth-order valence-electron chi connectivity index (χ4n) is 5.57. The van der Waals surface area contributed by atoms with E-state index in [1.165, 1.54) is 109 Å². The zero-order valence-electron chi connectivity index (χ0n) is 31.8. The molecule has 0 amide bonds. The molecule has 0 fully saturated rings. The highest BCUT2D eigenvalue weighted by Crippen LogP contribution is 2.15. The van der Waals surface area contributed by atoms with Gasteiger partial charge in [-0.15, -0.1) is 0 Å². The molecule has 0 bridgehead atoms. The van der Waals surface area contributed by atoms with Gasteiger partial charge in [-0.2, -0.15) is 0 Å². The highest BCUT2D eigenvalue weighted by atomic mass is 16.6. The third-order valence-corrected chi connectivity index (χ3v) is 8.71. The summed E-state index contributed by atoms with van der Waals surface area (Å²) in [4.78, 5) is 24.2. The molecule has 0 aliphatic carbocycles. The van der Waals surface area contributed by atoms with Gasteiger partial charge in [0, 0.05) is 12.8 Å².